The molecule has 1 heterocycles. The van der Waals surface area contributed by atoms with Crippen LogP contribution in [0, 0.1) is 0 Å². The Balaban J connectivity index is 2.45. The third kappa shape index (κ3) is 6.20. The van der Waals surface area contributed by atoms with Crippen molar-refractivity contribution in [3.8, 4) is 0 Å². The van der Waals surface area contributed by atoms with Gasteiger partial charge in [-0.15, -0.1) is 0 Å². The molecule has 0 aliphatic carbocycles. The molecule has 0 bridgehead atoms. The van der Waals surface area contributed by atoms with Crippen molar-refractivity contribution < 1.29 is 24.1 Å². The molecule has 3 atom stereocenters. The summed E-state index contributed by atoms with van der Waals surface area (Å²) in [6.07, 6.45) is 2.68. The minimum Gasteiger partial charge on any atom is -0.458 e. The van der Waals surface area contributed by atoms with E-state index in [1.807, 2.05) is 6.92 Å². The number of esters is 1. The zero-order valence-electron chi connectivity index (χ0n) is 13.3. The van der Waals surface area contributed by atoms with Crippen LogP contribution in [0.1, 0.15) is 60.3 Å². The molecule has 0 spiro atoms. The summed E-state index contributed by atoms with van der Waals surface area (Å²) in [5, 5.41) is 10.3. The first-order valence-corrected chi connectivity index (χ1v) is 7.33. The molecule has 1 rings (SSSR count). The topological polar surface area (TPSA) is 65.0 Å². The van der Waals surface area contributed by atoms with Gasteiger partial charge in [0.25, 0.3) is 0 Å². The molecule has 1 saturated heterocycles. The monoisotopic (exact) mass is 288 g/mol. The zero-order chi connectivity index (χ0) is 15.4. The fourth-order valence-corrected chi connectivity index (χ4v) is 2.16. The molecule has 0 aromatic heterocycles. The standard InChI is InChI=1S/C15H28O5/c1-11(19-12-8-6-7-9-18-12)10-15(5,17)13(16)20-14(2,3)4/h11-12,17H,6-10H2,1-5H3. The van der Waals surface area contributed by atoms with Crippen molar-refractivity contribution in [1.82, 2.24) is 0 Å². The van der Waals surface area contributed by atoms with Crippen molar-refractivity contribution in [2.75, 3.05) is 6.61 Å². The molecule has 0 saturated carbocycles. The van der Waals surface area contributed by atoms with Gasteiger partial charge in [-0.1, -0.05) is 0 Å². The van der Waals surface area contributed by atoms with Gasteiger partial charge in [-0.2, -0.15) is 0 Å². The first-order chi connectivity index (χ1) is 9.10. The average Bonchev–Trinajstić information content (AvgIpc) is 2.26. The van der Waals surface area contributed by atoms with Gasteiger partial charge in [-0.05, 0) is 53.9 Å². The summed E-state index contributed by atoms with van der Waals surface area (Å²) in [5.41, 5.74) is -2.17. The van der Waals surface area contributed by atoms with E-state index in [-0.39, 0.29) is 18.8 Å². The Bertz CT molecular complexity index is 313. The van der Waals surface area contributed by atoms with E-state index in [0.29, 0.717) is 6.61 Å². The Labute approximate surface area is 121 Å². The lowest BCUT2D eigenvalue weighted by molar-refractivity contribution is -0.202. The van der Waals surface area contributed by atoms with E-state index in [2.05, 4.69) is 0 Å². The Morgan fingerprint density at radius 3 is 2.50 bits per heavy atom. The van der Waals surface area contributed by atoms with Crippen LogP contribution in [0.15, 0.2) is 0 Å². The second-order valence-electron chi connectivity index (χ2n) is 6.72. The average molecular weight is 288 g/mol. The Hall–Kier alpha value is -0.650. The molecule has 0 radical (unpaired) electrons. The summed E-state index contributed by atoms with van der Waals surface area (Å²) in [5.74, 6) is -0.620. The molecule has 0 aromatic carbocycles. The maximum atomic E-state index is 11.9. The van der Waals surface area contributed by atoms with Crippen LogP contribution in [-0.2, 0) is 19.0 Å². The molecule has 1 aliphatic rings. The molecule has 1 fully saturated rings. The number of carbonyl (C=O) groups is 1. The van der Waals surface area contributed by atoms with Crippen LogP contribution in [0.4, 0.5) is 0 Å². The molecule has 5 nitrogen and oxygen atoms in total. The minimum atomic E-state index is -1.55. The van der Waals surface area contributed by atoms with E-state index >= 15 is 0 Å². The lowest BCUT2D eigenvalue weighted by Gasteiger charge is -2.31. The van der Waals surface area contributed by atoms with Crippen molar-refractivity contribution in [2.45, 2.75) is 83.9 Å². The van der Waals surface area contributed by atoms with Crippen LogP contribution in [0.3, 0.4) is 0 Å². The predicted molar refractivity (Wildman–Crippen MR) is 75.2 cm³/mol. The summed E-state index contributed by atoms with van der Waals surface area (Å²) in [7, 11) is 0. The van der Waals surface area contributed by atoms with E-state index in [1.165, 1.54) is 6.92 Å². The molecule has 0 aromatic rings. The number of hydrogen-bond donors (Lipinski definition) is 1. The minimum absolute atomic E-state index is 0.182. The van der Waals surface area contributed by atoms with E-state index in [0.717, 1.165) is 19.3 Å². The maximum absolute atomic E-state index is 11.9. The van der Waals surface area contributed by atoms with Crippen LogP contribution < -0.4 is 0 Å². The van der Waals surface area contributed by atoms with Gasteiger partial charge < -0.3 is 19.3 Å². The van der Waals surface area contributed by atoms with Crippen LogP contribution in [0.5, 0.6) is 0 Å². The quantitative estimate of drug-likeness (QED) is 0.787. The van der Waals surface area contributed by atoms with Gasteiger partial charge in [0, 0.05) is 13.0 Å². The summed E-state index contributed by atoms with van der Waals surface area (Å²) >= 11 is 0. The Morgan fingerprint density at radius 1 is 1.35 bits per heavy atom. The SMILES string of the molecule is CC(CC(C)(O)C(=O)OC(C)(C)C)OC1CCCCO1. The highest BCUT2D eigenvalue weighted by atomic mass is 16.7. The van der Waals surface area contributed by atoms with E-state index in [1.54, 1.807) is 20.8 Å². The zero-order valence-corrected chi connectivity index (χ0v) is 13.3. The Kier molecular flexibility index (Phi) is 5.98. The normalized spacial score (nSPS) is 24.8. The largest absolute Gasteiger partial charge is 0.458 e. The van der Waals surface area contributed by atoms with Crippen LogP contribution >= 0.6 is 0 Å². The van der Waals surface area contributed by atoms with Gasteiger partial charge in [0.1, 0.15) is 5.60 Å². The molecule has 20 heavy (non-hydrogen) atoms. The summed E-state index contributed by atoms with van der Waals surface area (Å²) in [4.78, 5) is 11.9. The predicted octanol–water partition coefficient (Wildman–Crippen LogP) is 2.40. The van der Waals surface area contributed by atoms with Gasteiger partial charge in [0.15, 0.2) is 11.9 Å². The highest BCUT2D eigenvalue weighted by molar-refractivity contribution is 5.79. The highest BCUT2D eigenvalue weighted by Gasteiger charge is 2.37. The number of rotatable bonds is 5. The van der Waals surface area contributed by atoms with Crippen LogP contribution in [0.25, 0.3) is 0 Å². The van der Waals surface area contributed by atoms with Crippen molar-refractivity contribution in [3.05, 3.63) is 0 Å². The Morgan fingerprint density at radius 2 is 2.00 bits per heavy atom. The lowest BCUT2D eigenvalue weighted by atomic mass is 9.98. The maximum Gasteiger partial charge on any atom is 0.338 e. The number of ether oxygens (including phenoxy) is 3. The summed E-state index contributed by atoms with van der Waals surface area (Å²) in [6, 6.07) is 0. The second kappa shape index (κ2) is 6.87. The highest BCUT2D eigenvalue weighted by Crippen LogP contribution is 2.23. The van der Waals surface area contributed by atoms with E-state index in [4.69, 9.17) is 14.2 Å². The number of hydrogen-bond acceptors (Lipinski definition) is 5. The first-order valence-electron chi connectivity index (χ1n) is 7.33. The molecule has 118 valence electrons. The molecule has 5 heteroatoms. The smallest absolute Gasteiger partial charge is 0.338 e. The number of carbonyl (C=O) groups excluding carboxylic acids is 1. The van der Waals surface area contributed by atoms with Crippen molar-refractivity contribution >= 4 is 5.97 Å². The fourth-order valence-electron chi connectivity index (χ4n) is 2.16. The van der Waals surface area contributed by atoms with Crippen LogP contribution in [-0.4, -0.2) is 41.3 Å². The third-order valence-electron chi connectivity index (χ3n) is 3.05. The number of aliphatic hydroxyl groups is 1. The van der Waals surface area contributed by atoms with Gasteiger partial charge in [0.05, 0.1) is 6.10 Å². The molecule has 1 aliphatic heterocycles. The molecular weight excluding hydrogens is 260 g/mol. The molecule has 0 amide bonds. The van der Waals surface area contributed by atoms with Gasteiger partial charge in [0.2, 0.25) is 0 Å². The first kappa shape index (κ1) is 17.4. The third-order valence-corrected chi connectivity index (χ3v) is 3.05. The van der Waals surface area contributed by atoms with Crippen molar-refractivity contribution in [3.63, 3.8) is 0 Å². The summed E-state index contributed by atoms with van der Waals surface area (Å²) in [6.45, 7) is 9.32. The lowest BCUT2D eigenvalue weighted by Crippen LogP contribution is -2.44. The van der Waals surface area contributed by atoms with Gasteiger partial charge in [-0.3, -0.25) is 0 Å². The van der Waals surface area contributed by atoms with Crippen molar-refractivity contribution in [1.29, 1.82) is 0 Å². The van der Waals surface area contributed by atoms with E-state index in [9.17, 15) is 9.90 Å². The second-order valence-corrected chi connectivity index (χ2v) is 6.72. The molecule has 3 unspecified atom stereocenters. The molecule has 1 N–H and O–H groups in total. The fraction of sp³-hybridized carbons (Fsp3) is 0.933. The van der Waals surface area contributed by atoms with Gasteiger partial charge >= 0.3 is 5.97 Å². The van der Waals surface area contributed by atoms with Crippen molar-refractivity contribution in [2.24, 2.45) is 0 Å². The van der Waals surface area contributed by atoms with Crippen LogP contribution in [0.2, 0.25) is 0 Å². The van der Waals surface area contributed by atoms with E-state index < -0.39 is 17.2 Å². The molecular formula is C15H28O5. The van der Waals surface area contributed by atoms with Gasteiger partial charge in [-0.25, -0.2) is 4.79 Å². The summed E-state index contributed by atoms with van der Waals surface area (Å²) < 4.78 is 16.4.